The van der Waals surface area contributed by atoms with E-state index in [9.17, 15) is 9.59 Å². The Bertz CT molecular complexity index is 1380. The average molecular weight is 549 g/mol. The minimum Gasteiger partial charge on any atom is -0.446 e. The van der Waals surface area contributed by atoms with Gasteiger partial charge in [0.25, 0.3) is 0 Å². The van der Waals surface area contributed by atoms with Crippen molar-refractivity contribution in [3.8, 4) is 17.2 Å². The van der Waals surface area contributed by atoms with Crippen LogP contribution in [0.15, 0.2) is 102 Å². The predicted molar refractivity (Wildman–Crippen MR) is 146 cm³/mol. The van der Waals surface area contributed by atoms with Gasteiger partial charge in [0.1, 0.15) is 17.2 Å². The number of halogens is 2. The lowest BCUT2D eigenvalue weighted by atomic mass is 10.1. The summed E-state index contributed by atoms with van der Waals surface area (Å²) in [5, 5.41) is 5.04. The molecular weight excluding hydrogens is 527 g/mol. The second kappa shape index (κ2) is 12.8. The summed E-state index contributed by atoms with van der Waals surface area (Å²) in [5.41, 5.74) is 4.40. The first-order valence-corrected chi connectivity index (χ1v) is 12.2. The molecule has 0 spiro atoms. The Morgan fingerprint density at radius 3 is 1.84 bits per heavy atom. The molecule has 0 saturated carbocycles. The Morgan fingerprint density at radius 2 is 1.29 bits per heavy atom. The van der Waals surface area contributed by atoms with Gasteiger partial charge >= 0.3 is 18.2 Å². The van der Waals surface area contributed by atoms with Crippen LogP contribution in [0.2, 0.25) is 10.0 Å². The van der Waals surface area contributed by atoms with E-state index in [4.69, 9.17) is 37.4 Å². The van der Waals surface area contributed by atoms with Crippen molar-refractivity contribution in [2.24, 2.45) is 5.10 Å². The normalized spacial score (nSPS) is 10.8. The van der Waals surface area contributed by atoms with Crippen molar-refractivity contribution >= 4 is 41.3 Å². The van der Waals surface area contributed by atoms with Crippen LogP contribution in [-0.2, 0) is 4.79 Å². The highest BCUT2D eigenvalue weighted by Crippen LogP contribution is 2.21. The summed E-state index contributed by atoms with van der Waals surface area (Å²) < 4.78 is 16.9. The summed E-state index contributed by atoms with van der Waals surface area (Å²) >= 11 is 11.9. The van der Waals surface area contributed by atoms with Gasteiger partial charge in [0.2, 0.25) is 0 Å². The van der Waals surface area contributed by atoms with E-state index in [2.05, 4.69) is 10.5 Å². The van der Waals surface area contributed by atoms with Crippen LogP contribution in [0, 0.1) is 6.92 Å². The molecule has 9 heteroatoms. The SMILES string of the molecule is Cc1ccccc1C(=O)Oc1ccc(/C=N/NC(=O)C(Oc2ccc(Cl)cc2)Oc2ccc(Cl)cc2)cc1. The first kappa shape index (κ1) is 26.7. The molecule has 0 saturated heterocycles. The zero-order valence-electron chi connectivity index (χ0n) is 20.1. The van der Waals surface area contributed by atoms with Crippen molar-refractivity contribution in [3.05, 3.63) is 124 Å². The molecule has 0 bridgehead atoms. The van der Waals surface area contributed by atoms with Crippen LogP contribution >= 0.6 is 23.2 Å². The Labute approximate surface area is 229 Å². The third-order valence-corrected chi connectivity index (χ3v) is 5.68. The van der Waals surface area contributed by atoms with Crippen LogP contribution in [0.5, 0.6) is 17.2 Å². The molecule has 4 aromatic carbocycles. The predicted octanol–water partition coefficient (Wildman–Crippen LogP) is 6.46. The standard InChI is InChI=1S/C29H22Cl2N2O5/c1-19-4-2-3-5-26(19)28(35)36-23-12-6-20(7-13-23)18-32-33-27(34)29(37-24-14-8-21(30)9-15-24)38-25-16-10-22(31)11-17-25/h2-18,29H,1H3,(H,33,34)/b32-18+. The van der Waals surface area contributed by atoms with Gasteiger partial charge in [-0.25, -0.2) is 10.2 Å². The van der Waals surface area contributed by atoms with Gasteiger partial charge in [0.05, 0.1) is 11.8 Å². The van der Waals surface area contributed by atoms with Crippen molar-refractivity contribution < 1.29 is 23.8 Å². The molecule has 0 aliphatic carbocycles. The number of hydrogen-bond acceptors (Lipinski definition) is 6. The van der Waals surface area contributed by atoms with Gasteiger partial charge in [0, 0.05) is 10.0 Å². The van der Waals surface area contributed by atoms with E-state index in [1.807, 2.05) is 19.1 Å². The zero-order valence-corrected chi connectivity index (χ0v) is 21.6. The van der Waals surface area contributed by atoms with E-state index in [-0.39, 0.29) is 0 Å². The maximum atomic E-state index is 12.8. The maximum absolute atomic E-state index is 12.8. The molecule has 0 heterocycles. The average Bonchev–Trinajstić information content (AvgIpc) is 2.92. The topological polar surface area (TPSA) is 86.2 Å². The number of hydrogen-bond donors (Lipinski definition) is 1. The minimum atomic E-state index is -1.35. The summed E-state index contributed by atoms with van der Waals surface area (Å²) in [6.45, 7) is 1.84. The molecule has 0 aliphatic heterocycles. The summed E-state index contributed by atoms with van der Waals surface area (Å²) in [7, 11) is 0. The molecule has 4 aromatic rings. The number of rotatable bonds is 9. The number of carbonyl (C=O) groups excluding carboxylic acids is 2. The molecule has 38 heavy (non-hydrogen) atoms. The van der Waals surface area contributed by atoms with Crippen LogP contribution < -0.4 is 19.6 Å². The van der Waals surface area contributed by atoms with Gasteiger partial charge in [-0.3, -0.25) is 4.79 Å². The first-order valence-electron chi connectivity index (χ1n) is 11.4. The largest absolute Gasteiger partial charge is 0.446 e. The molecule has 0 aliphatic rings. The third-order valence-electron chi connectivity index (χ3n) is 5.17. The lowest BCUT2D eigenvalue weighted by Crippen LogP contribution is -2.40. The maximum Gasteiger partial charge on any atom is 0.343 e. The monoisotopic (exact) mass is 548 g/mol. The summed E-state index contributed by atoms with van der Waals surface area (Å²) in [5.74, 6) is 0.0537. The van der Waals surface area contributed by atoms with Crippen LogP contribution in [0.4, 0.5) is 0 Å². The third kappa shape index (κ3) is 7.59. The van der Waals surface area contributed by atoms with E-state index < -0.39 is 18.2 Å². The molecule has 0 aromatic heterocycles. The quantitative estimate of drug-likeness (QED) is 0.0852. The Balaban J connectivity index is 1.38. The Morgan fingerprint density at radius 1 is 0.763 bits per heavy atom. The zero-order chi connectivity index (χ0) is 26.9. The van der Waals surface area contributed by atoms with Crippen molar-refractivity contribution in [1.29, 1.82) is 0 Å². The molecule has 0 unspecified atom stereocenters. The number of carbonyl (C=O) groups is 2. The molecule has 7 nitrogen and oxygen atoms in total. The van der Waals surface area contributed by atoms with Crippen LogP contribution in [0.25, 0.3) is 0 Å². The highest BCUT2D eigenvalue weighted by Gasteiger charge is 2.22. The number of esters is 1. The van der Waals surface area contributed by atoms with Gasteiger partial charge < -0.3 is 14.2 Å². The first-order chi connectivity index (χ1) is 18.4. The molecule has 1 amide bonds. The fourth-order valence-corrected chi connectivity index (χ4v) is 3.47. The number of ether oxygens (including phenoxy) is 3. The molecule has 4 rings (SSSR count). The fraction of sp³-hybridized carbons (Fsp3) is 0.0690. The fourth-order valence-electron chi connectivity index (χ4n) is 3.21. The Hall–Kier alpha value is -4.33. The van der Waals surface area contributed by atoms with Gasteiger partial charge in [-0.05, 0) is 96.9 Å². The van der Waals surface area contributed by atoms with E-state index in [0.29, 0.717) is 38.4 Å². The van der Waals surface area contributed by atoms with Crippen LogP contribution in [-0.4, -0.2) is 24.4 Å². The highest BCUT2D eigenvalue weighted by molar-refractivity contribution is 6.30. The lowest BCUT2D eigenvalue weighted by molar-refractivity contribution is -0.140. The Kier molecular flexibility index (Phi) is 8.98. The summed E-state index contributed by atoms with van der Waals surface area (Å²) in [6, 6.07) is 26.8. The number of hydrazone groups is 1. The van der Waals surface area contributed by atoms with E-state index >= 15 is 0 Å². The smallest absolute Gasteiger partial charge is 0.343 e. The molecule has 0 fully saturated rings. The summed E-state index contributed by atoms with van der Waals surface area (Å²) in [4.78, 5) is 25.2. The number of nitrogens with one attached hydrogen (secondary N) is 1. The second-order valence-electron chi connectivity index (χ2n) is 7.98. The van der Waals surface area contributed by atoms with E-state index in [1.54, 1.807) is 84.9 Å². The van der Waals surface area contributed by atoms with Crippen molar-refractivity contribution in [2.75, 3.05) is 0 Å². The number of benzene rings is 4. The number of amides is 1. The number of nitrogens with zero attached hydrogens (tertiary/aromatic N) is 1. The van der Waals surface area contributed by atoms with Crippen LogP contribution in [0.3, 0.4) is 0 Å². The molecule has 1 N–H and O–H groups in total. The van der Waals surface area contributed by atoms with Crippen molar-refractivity contribution in [3.63, 3.8) is 0 Å². The van der Waals surface area contributed by atoms with E-state index in [0.717, 1.165) is 5.56 Å². The molecule has 192 valence electrons. The molecule has 0 radical (unpaired) electrons. The molecular formula is C29H22Cl2N2O5. The molecule has 0 atom stereocenters. The summed E-state index contributed by atoms with van der Waals surface area (Å²) in [6.07, 6.45) is 0.0877. The van der Waals surface area contributed by atoms with Gasteiger partial charge in [-0.2, -0.15) is 5.10 Å². The van der Waals surface area contributed by atoms with Crippen LogP contribution in [0.1, 0.15) is 21.5 Å². The number of aryl methyl sites for hydroxylation is 1. The van der Waals surface area contributed by atoms with Crippen molar-refractivity contribution in [2.45, 2.75) is 13.2 Å². The highest BCUT2D eigenvalue weighted by atomic mass is 35.5. The second-order valence-corrected chi connectivity index (χ2v) is 8.86. The van der Waals surface area contributed by atoms with Gasteiger partial charge in [-0.15, -0.1) is 0 Å². The lowest BCUT2D eigenvalue weighted by Gasteiger charge is -2.19. The van der Waals surface area contributed by atoms with Crippen molar-refractivity contribution in [1.82, 2.24) is 5.43 Å². The van der Waals surface area contributed by atoms with Gasteiger partial charge in [-0.1, -0.05) is 41.4 Å². The van der Waals surface area contributed by atoms with Gasteiger partial charge in [0.15, 0.2) is 0 Å². The minimum absolute atomic E-state index is 0.378. The van der Waals surface area contributed by atoms with E-state index in [1.165, 1.54) is 6.21 Å².